The minimum Gasteiger partial charge on any atom is -0.467 e. The summed E-state index contributed by atoms with van der Waals surface area (Å²) in [5.41, 5.74) is -0.588. The zero-order valence-corrected chi connectivity index (χ0v) is 11.7. The molecule has 0 aliphatic carbocycles. The van der Waals surface area contributed by atoms with Crippen LogP contribution in [0.1, 0.15) is 24.5 Å². The van der Waals surface area contributed by atoms with Crippen molar-refractivity contribution >= 4 is 11.9 Å². The van der Waals surface area contributed by atoms with Crippen LogP contribution in [0.15, 0.2) is 24.3 Å². The molecule has 1 atom stereocenters. The van der Waals surface area contributed by atoms with Crippen molar-refractivity contribution in [1.29, 1.82) is 0 Å². The van der Waals surface area contributed by atoms with Crippen molar-refractivity contribution in [2.75, 3.05) is 7.11 Å². The topological polar surface area (TPSA) is 55.4 Å². The fourth-order valence-corrected chi connectivity index (χ4v) is 1.76. The number of esters is 1. The van der Waals surface area contributed by atoms with Crippen molar-refractivity contribution < 1.29 is 27.5 Å². The largest absolute Gasteiger partial charge is 0.467 e. The monoisotopic (exact) mass is 303 g/mol. The van der Waals surface area contributed by atoms with Crippen LogP contribution >= 0.6 is 0 Å². The van der Waals surface area contributed by atoms with E-state index >= 15 is 0 Å². The lowest BCUT2D eigenvalue weighted by molar-refractivity contribution is -0.145. The summed E-state index contributed by atoms with van der Waals surface area (Å²) < 4.78 is 42.2. The van der Waals surface area contributed by atoms with Gasteiger partial charge in [0.25, 0.3) is 0 Å². The van der Waals surface area contributed by atoms with Crippen LogP contribution < -0.4 is 5.32 Å². The van der Waals surface area contributed by atoms with E-state index < -0.39 is 29.7 Å². The van der Waals surface area contributed by atoms with Crippen molar-refractivity contribution in [2.24, 2.45) is 0 Å². The predicted molar refractivity (Wildman–Crippen MR) is 69.4 cm³/mol. The summed E-state index contributed by atoms with van der Waals surface area (Å²) in [6.07, 6.45) is -4.36. The Morgan fingerprint density at radius 3 is 2.52 bits per heavy atom. The Hall–Kier alpha value is -2.05. The molecule has 7 heteroatoms. The fourth-order valence-electron chi connectivity index (χ4n) is 1.76. The maximum Gasteiger partial charge on any atom is 0.416 e. The molecule has 0 radical (unpaired) electrons. The highest BCUT2D eigenvalue weighted by Crippen LogP contribution is 2.29. The second-order valence-electron chi connectivity index (χ2n) is 4.43. The number of methoxy groups -OCH3 is 1. The number of halogens is 3. The molecule has 0 unspecified atom stereocenters. The van der Waals surface area contributed by atoms with E-state index in [2.05, 4.69) is 10.1 Å². The molecule has 0 saturated heterocycles. The molecule has 0 aliphatic rings. The quantitative estimate of drug-likeness (QED) is 0.849. The average molecular weight is 303 g/mol. The first-order valence-corrected chi connectivity index (χ1v) is 6.31. The molecule has 0 saturated carbocycles. The van der Waals surface area contributed by atoms with Gasteiger partial charge >= 0.3 is 12.1 Å². The number of carbonyl (C=O) groups excluding carboxylic acids is 2. The van der Waals surface area contributed by atoms with Crippen LogP contribution in [0, 0.1) is 0 Å². The van der Waals surface area contributed by atoms with Gasteiger partial charge in [0.15, 0.2) is 0 Å². The minimum absolute atomic E-state index is 0.224. The third-order valence-corrected chi connectivity index (χ3v) is 2.85. The highest BCUT2D eigenvalue weighted by molar-refractivity contribution is 5.85. The molecule has 1 N–H and O–H groups in total. The van der Waals surface area contributed by atoms with Crippen molar-refractivity contribution in [2.45, 2.75) is 32.0 Å². The Morgan fingerprint density at radius 1 is 1.33 bits per heavy atom. The van der Waals surface area contributed by atoms with Crippen molar-refractivity contribution in [1.82, 2.24) is 5.32 Å². The number of hydrogen-bond donors (Lipinski definition) is 1. The molecule has 21 heavy (non-hydrogen) atoms. The summed E-state index contributed by atoms with van der Waals surface area (Å²) >= 11 is 0. The lowest BCUT2D eigenvalue weighted by Crippen LogP contribution is -2.41. The van der Waals surface area contributed by atoms with Crippen molar-refractivity contribution in [3.63, 3.8) is 0 Å². The van der Waals surface area contributed by atoms with Crippen LogP contribution in [-0.4, -0.2) is 25.0 Å². The lowest BCUT2D eigenvalue weighted by atomic mass is 10.1. The lowest BCUT2D eigenvalue weighted by Gasteiger charge is -2.14. The molecule has 4 nitrogen and oxygen atoms in total. The molecule has 1 rings (SSSR count). The van der Waals surface area contributed by atoms with E-state index in [-0.39, 0.29) is 12.0 Å². The molecule has 1 amide bonds. The van der Waals surface area contributed by atoms with Crippen molar-refractivity contribution in [3.05, 3.63) is 35.4 Å². The second kappa shape index (κ2) is 7.10. The second-order valence-corrected chi connectivity index (χ2v) is 4.43. The molecule has 0 aromatic heterocycles. The Morgan fingerprint density at radius 2 is 2.00 bits per heavy atom. The Balaban J connectivity index is 2.73. The molecular weight excluding hydrogens is 287 g/mol. The average Bonchev–Trinajstić information content (AvgIpc) is 2.43. The third kappa shape index (κ3) is 5.09. The summed E-state index contributed by atoms with van der Waals surface area (Å²) in [7, 11) is 1.20. The molecule has 1 aromatic carbocycles. The molecule has 116 valence electrons. The van der Waals surface area contributed by atoms with Gasteiger partial charge in [0, 0.05) is 0 Å². The van der Waals surface area contributed by atoms with Crippen LogP contribution in [0.5, 0.6) is 0 Å². The van der Waals surface area contributed by atoms with Gasteiger partial charge in [-0.25, -0.2) is 4.79 Å². The number of carbonyl (C=O) groups is 2. The van der Waals surface area contributed by atoms with Gasteiger partial charge in [-0.05, 0) is 18.1 Å². The zero-order valence-electron chi connectivity index (χ0n) is 11.7. The van der Waals surface area contributed by atoms with Gasteiger partial charge in [-0.3, -0.25) is 4.79 Å². The fraction of sp³-hybridized carbons (Fsp3) is 0.429. The molecule has 0 aliphatic heterocycles. The number of nitrogens with one attached hydrogen (secondary N) is 1. The van der Waals surface area contributed by atoms with Gasteiger partial charge in [-0.15, -0.1) is 0 Å². The summed E-state index contributed by atoms with van der Waals surface area (Å²) in [5, 5.41) is 2.43. The molecule has 0 fully saturated rings. The van der Waals surface area contributed by atoms with Gasteiger partial charge in [-0.1, -0.05) is 25.1 Å². The molecule has 0 heterocycles. The van der Waals surface area contributed by atoms with E-state index in [0.29, 0.717) is 6.42 Å². The predicted octanol–water partition coefficient (Wildman–Crippen LogP) is 2.32. The SMILES string of the molecule is CC[C@@H](NC(=O)Cc1cccc(C(F)(F)F)c1)C(=O)OC. The van der Waals surface area contributed by atoms with E-state index in [4.69, 9.17) is 0 Å². The highest BCUT2D eigenvalue weighted by Gasteiger charge is 2.30. The Labute approximate surface area is 120 Å². The third-order valence-electron chi connectivity index (χ3n) is 2.85. The molecule has 0 spiro atoms. The molecular formula is C14H16F3NO3. The van der Waals surface area contributed by atoms with Crippen molar-refractivity contribution in [3.8, 4) is 0 Å². The van der Waals surface area contributed by atoms with E-state index in [1.807, 2.05) is 0 Å². The standard InChI is InChI=1S/C14H16F3NO3/c1-3-11(13(20)21-2)18-12(19)8-9-5-4-6-10(7-9)14(15,16)17/h4-7,11H,3,8H2,1-2H3,(H,18,19)/t11-/m1/s1. The number of rotatable bonds is 5. The van der Waals surface area contributed by atoms with Gasteiger partial charge in [0.1, 0.15) is 6.04 Å². The number of hydrogen-bond acceptors (Lipinski definition) is 3. The first-order chi connectivity index (χ1) is 9.77. The zero-order chi connectivity index (χ0) is 16.0. The van der Waals surface area contributed by atoms with E-state index in [9.17, 15) is 22.8 Å². The van der Waals surface area contributed by atoms with Crippen LogP contribution in [0.25, 0.3) is 0 Å². The first kappa shape index (κ1) is 17.0. The van der Waals surface area contributed by atoms with E-state index in [0.717, 1.165) is 12.1 Å². The number of amides is 1. The smallest absolute Gasteiger partial charge is 0.416 e. The van der Waals surface area contributed by atoms with Crippen LogP contribution in [-0.2, 0) is 26.9 Å². The van der Waals surface area contributed by atoms with E-state index in [1.165, 1.54) is 19.2 Å². The Kier molecular flexibility index (Phi) is 5.75. The number of ether oxygens (including phenoxy) is 1. The Bertz CT molecular complexity index is 514. The van der Waals surface area contributed by atoms with Gasteiger partial charge in [0.2, 0.25) is 5.91 Å². The first-order valence-electron chi connectivity index (χ1n) is 6.31. The number of alkyl halides is 3. The molecule has 0 bridgehead atoms. The summed E-state index contributed by atoms with van der Waals surface area (Å²) in [6.45, 7) is 1.69. The minimum atomic E-state index is -4.45. The van der Waals surface area contributed by atoms with Gasteiger partial charge < -0.3 is 10.1 Å². The van der Waals surface area contributed by atoms with Crippen LogP contribution in [0.4, 0.5) is 13.2 Å². The highest BCUT2D eigenvalue weighted by atomic mass is 19.4. The summed E-state index contributed by atoms with van der Waals surface area (Å²) in [5.74, 6) is -1.12. The summed E-state index contributed by atoms with van der Waals surface area (Å²) in [4.78, 5) is 23.1. The van der Waals surface area contributed by atoms with Crippen LogP contribution in [0.2, 0.25) is 0 Å². The maximum absolute atomic E-state index is 12.6. The van der Waals surface area contributed by atoms with Gasteiger partial charge in [-0.2, -0.15) is 13.2 Å². The van der Waals surface area contributed by atoms with Gasteiger partial charge in [0.05, 0.1) is 19.1 Å². The summed E-state index contributed by atoms with van der Waals surface area (Å²) in [6, 6.07) is 3.72. The number of benzene rings is 1. The van der Waals surface area contributed by atoms with E-state index in [1.54, 1.807) is 6.92 Å². The van der Waals surface area contributed by atoms with Crippen LogP contribution in [0.3, 0.4) is 0 Å². The normalized spacial score (nSPS) is 12.6. The maximum atomic E-state index is 12.6. The molecule has 1 aromatic rings.